The average molecular weight is 277 g/mol. The summed E-state index contributed by atoms with van der Waals surface area (Å²) in [6, 6.07) is 4.27. The van der Waals surface area contributed by atoms with Gasteiger partial charge in [0.15, 0.2) is 0 Å². The number of nitrogen functional groups attached to an aromatic ring is 1. The number of hydrogen-bond acceptors (Lipinski definition) is 4. The summed E-state index contributed by atoms with van der Waals surface area (Å²) >= 11 is 1.64. The van der Waals surface area contributed by atoms with Crippen molar-refractivity contribution in [2.45, 2.75) is 27.7 Å². The van der Waals surface area contributed by atoms with Crippen LogP contribution in [0.3, 0.4) is 0 Å². The fourth-order valence-electron chi connectivity index (χ4n) is 2.37. The molecule has 2 N–H and O–H groups in total. The Morgan fingerprint density at radius 2 is 1.79 bits per heavy atom. The standard InChI is InChI=1S/C15H23N3S/c1-10(2)7-18(8-11(3)4)12-5-6-13-15(14(12)16)17-9-19-13/h5-6,9-11H,7-8,16H2,1-4H3. The zero-order valence-corrected chi connectivity index (χ0v) is 13.0. The number of benzene rings is 1. The number of rotatable bonds is 5. The van der Waals surface area contributed by atoms with Crippen molar-refractivity contribution in [3.8, 4) is 0 Å². The van der Waals surface area contributed by atoms with Crippen molar-refractivity contribution in [1.29, 1.82) is 0 Å². The monoisotopic (exact) mass is 277 g/mol. The van der Waals surface area contributed by atoms with Gasteiger partial charge in [0.2, 0.25) is 0 Å². The third-order valence-corrected chi connectivity index (χ3v) is 3.82. The minimum Gasteiger partial charge on any atom is -0.395 e. The number of aromatic nitrogens is 1. The zero-order chi connectivity index (χ0) is 14.0. The quantitative estimate of drug-likeness (QED) is 0.840. The van der Waals surface area contributed by atoms with E-state index < -0.39 is 0 Å². The second kappa shape index (κ2) is 5.78. The number of nitrogens with zero attached hydrogens (tertiary/aromatic N) is 2. The molecule has 1 aromatic carbocycles. The molecule has 0 amide bonds. The third kappa shape index (κ3) is 3.18. The first kappa shape index (κ1) is 14.1. The highest BCUT2D eigenvalue weighted by atomic mass is 32.1. The van der Waals surface area contributed by atoms with Gasteiger partial charge in [0.05, 0.1) is 21.6 Å². The summed E-state index contributed by atoms with van der Waals surface area (Å²) in [6.45, 7) is 11.0. The normalized spacial score (nSPS) is 11.7. The molecule has 2 rings (SSSR count). The topological polar surface area (TPSA) is 42.2 Å². The fourth-order valence-corrected chi connectivity index (χ4v) is 3.06. The van der Waals surface area contributed by atoms with Crippen molar-refractivity contribution in [2.75, 3.05) is 23.7 Å². The summed E-state index contributed by atoms with van der Waals surface area (Å²) in [7, 11) is 0. The fraction of sp³-hybridized carbons (Fsp3) is 0.533. The molecule has 0 saturated heterocycles. The van der Waals surface area contributed by atoms with E-state index >= 15 is 0 Å². The van der Waals surface area contributed by atoms with Gasteiger partial charge in [-0.25, -0.2) is 4.98 Å². The van der Waals surface area contributed by atoms with Crippen molar-refractivity contribution < 1.29 is 0 Å². The van der Waals surface area contributed by atoms with E-state index in [2.05, 4.69) is 49.7 Å². The molecule has 0 bridgehead atoms. The van der Waals surface area contributed by atoms with Crippen molar-refractivity contribution in [3.63, 3.8) is 0 Å². The van der Waals surface area contributed by atoms with Crippen LogP contribution in [0.4, 0.5) is 11.4 Å². The maximum atomic E-state index is 6.32. The molecule has 4 heteroatoms. The second-order valence-corrected chi connectivity index (χ2v) is 6.78. The molecule has 0 aliphatic heterocycles. The van der Waals surface area contributed by atoms with Crippen LogP contribution in [0.15, 0.2) is 17.6 Å². The molecular weight excluding hydrogens is 254 g/mol. The number of fused-ring (bicyclic) bond motifs is 1. The van der Waals surface area contributed by atoms with E-state index in [1.165, 1.54) is 0 Å². The Hall–Kier alpha value is -1.29. The Labute approximate surface area is 119 Å². The Morgan fingerprint density at radius 3 is 2.37 bits per heavy atom. The third-order valence-electron chi connectivity index (χ3n) is 3.03. The molecular formula is C15H23N3S. The van der Waals surface area contributed by atoms with Crippen molar-refractivity contribution in [1.82, 2.24) is 4.98 Å². The largest absolute Gasteiger partial charge is 0.395 e. The van der Waals surface area contributed by atoms with Gasteiger partial charge in [-0.15, -0.1) is 11.3 Å². The lowest BCUT2D eigenvalue weighted by atomic mass is 10.1. The summed E-state index contributed by atoms with van der Waals surface area (Å²) in [5, 5.41) is 0. The highest BCUT2D eigenvalue weighted by Gasteiger charge is 2.15. The van der Waals surface area contributed by atoms with Crippen LogP contribution < -0.4 is 10.6 Å². The summed E-state index contributed by atoms with van der Waals surface area (Å²) < 4.78 is 1.16. The molecule has 2 aromatic rings. The molecule has 0 radical (unpaired) electrons. The Morgan fingerprint density at radius 1 is 1.16 bits per heavy atom. The first-order valence-electron chi connectivity index (χ1n) is 6.85. The number of thiazole rings is 1. The molecule has 104 valence electrons. The van der Waals surface area contributed by atoms with Crippen molar-refractivity contribution >= 4 is 32.9 Å². The summed E-state index contributed by atoms with van der Waals surface area (Å²) in [5.41, 5.74) is 11.1. The van der Waals surface area contributed by atoms with Gasteiger partial charge in [-0.1, -0.05) is 27.7 Å². The van der Waals surface area contributed by atoms with E-state index in [1.54, 1.807) is 11.3 Å². The predicted molar refractivity (Wildman–Crippen MR) is 85.9 cm³/mol. The molecule has 0 spiro atoms. The van der Waals surface area contributed by atoms with Gasteiger partial charge >= 0.3 is 0 Å². The van der Waals surface area contributed by atoms with Crippen LogP contribution >= 0.6 is 11.3 Å². The highest BCUT2D eigenvalue weighted by molar-refractivity contribution is 7.16. The lowest BCUT2D eigenvalue weighted by Gasteiger charge is -2.29. The van der Waals surface area contributed by atoms with E-state index in [0.29, 0.717) is 11.8 Å². The van der Waals surface area contributed by atoms with Crippen LogP contribution in [0.5, 0.6) is 0 Å². The Kier molecular flexibility index (Phi) is 4.30. The van der Waals surface area contributed by atoms with Gasteiger partial charge in [-0.3, -0.25) is 0 Å². The summed E-state index contributed by atoms with van der Waals surface area (Å²) in [4.78, 5) is 6.78. The zero-order valence-electron chi connectivity index (χ0n) is 12.2. The molecule has 0 unspecified atom stereocenters. The molecule has 0 aliphatic carbocycles. The number of hydrogen-bond donors (Lipinski definition) is 1. The van der Waals surface area contributed by atoms with Crippen LogP contribution in [-0.2, 0) is 0 Å². The lowest BCUT2D eigenvalue weighted by Crippen LogP contribution is -2.31. The maximum Gasteiger partial charge on any atom is 0.106 e. The average Bonchev–Trinajstić information content (AvgIpc) is 2.76. The smallest absolute Gasteiger partial charge is 0.106 e. The number of anilines is 2. The van der Waals surface area contributed by atoms with Crippen LogP contribution in [0.25, 0.3) is 10.2 Å². The van der Waals surface area contributed by atoms with E-state index in [-0.39, 0.29) is 0 Å². The second-order valence-electron chi connectivity index (χ2n) is 5.89. The lowest BCUT2D eigenvalue weighted by molar-refractivity contribution is 0.553. The van der Waals surface area contributed by atoms with Gasteiger partial charge in [-0.2, -0.15) is 0 Å². The van der Waals surface area contributed by atoms with E-state index in [1.807, 2.05) is 5.51 Å². The maximum absolute atomic E-state index is 6.32. The van der Waals surface area contributed by atoms with Crippen LogP contribution in [-0.4, -0.2) is 18.1 Å². The molecule has 3 nitrogen and oxygen atoms in total. The van der Waals surface area contributed by atoms with Gasteiger partial charge in [0.1, 0.15) is 5.52 Å². The van der Waals surface area contributed by atoms with Crippen LogP contribution in [0.2, 0.25) is 0 Å². The minimum atomic E-state index is 0.615. The Balaban J connectivity index is 2.39. The molecule has 0 atom stereocenters. The first-order valence-corrected chi connectivity index (χ1v) is 7.73. The first-order chi connectivity index (χ1) is 8.99. The number of nitrogens with two attached hydrogens (primary N) is 1. The van der Waals surface area contributed by atoms with Gasteiger partial charge in [0.25, 0.3) is 0 Å². The van der Waals surface area contributed by atoms with E-state index in [9.17, 15) is 0 Å². The summed E-state index contributed by atoms with van der Waals surface area (Å²) in [5.74, 6) is 1.23. The van der Waals surface area contributed by atoms with E-state index in [4.69, 9.17) is 5.73 Å². The van der Waals surface area contributed by atoms with E-state index in [0.717, 1.165) is 34.7 Å². The summed E-state index contributed by atoms with van der Waals surface area (Å²) in [6.07, 6.45) is 0. The molecule has 1 heterocycles. The van der Waals surface area contributed by atoms with Gasteiger partial charge in [0, 0.05) is 13.1 Å². The molecule has 0 saturated carbocycles. The molecule has 0 aliphatic rings. The van der Waals surface area contributed by atoms with Crippen LogP contribution in [0, 0.1) is 11.8 Å². The molecule has 19 heavy (non-hydrogen) atoms. The van der Waals surface area contributed by atoms with Crippen molar-refractivity contribution in [3.05, 3.63) is 17.6 Å². The Bertz CT molecular complexity index is 535. The molecule has 0 fully saturated rings. The molecule has 1 aromatic heterocycles. The van der Waals surface area contributed by atoms with Gasteiger partial charge < -0.3 is 10.6 Å². The SMILES string of the molecule is CC(C)CN(CC(C)C)c1ccc2scnc2c1N. The minimum absolute atomic E-state index is 0.615. The van der Waals surface area contributed by atoms with Crippen molar-refractivity contribution in [2.24, 2.45) is 11.8 Å². The van der Waals surface area contributed by atoms with Crippen LogP contribution in [0.1, 0.15) is 27.7 Å². The highest BCUT2D eigenvalue weighted by Crippen LogP contribution is 2.33. The van der Waals surface area contributed by atoms with Gasteiger partial charge in [-0.05, 0) is 24.0 Å². The predicted octanol–water partition coefficient (Wildman–Crippen LogP) is 4.00.